The van der Waals surface area contributed by atoms with Gasteiger partial charge in [-0.15, -0.1) is 0 Å². The molecule has 0 atom stereocenters. The number of hydrogen-bond donors (Lipinski definition) is 0. The van der Waals surface area contributed by atoms with Crippen LogP contribution in [0.15, 0.2) is 67.0 Å². The lowest BCUT2D eigenvalue weighted by molar-refractivity contribution is -0.686. The Morgan fingerprint density at radius 1 is 1.00 bits per heavy atom. The quantitative estimate of drug-likeness (QED) is 0.472. The number of halogens is 1. The number of fused-ring (bicyclic) bond motifs is 1. The van der Waals surface area contributed by atoms with Crippen LogP contribution in [0.4, 0.5) is 0 Å². The smallest absolute Gasteiger partial charge is 0.372 e. The van der Waals surface area contributed by atoms with E-state index in [-0.39, 0.29) is 29.5 Å². The van der Waals surface area contributed by atoms with E-state index in [0.717, 1.165) is 5.56 Å². The van der Waals surface area contributed by atoms with Gasteiger partial charge in [-0.25, -0.2) is 4.79 Å². The van der Waals surface area contributed by atoms with Crippen LogP contribution in [0.1, 0.15) is 18.1 Å². The van der Waals surface area contributed by atoms with Gasteiger partial charge in [0.2, 0.25) is 6.54 Å². The largest absolute Gasteiger partial charge is 1.00 e. The van der Waals surface area contributed by atoms with Crippen LogP contribution in [0.2, 0.25) is 0 Å². The van der Waals surface area contributed by atoms with E-state index < -0.39 is 0 Å². The minimum Gasteiger partial charge on any atom is -1.00 e. The normalized spacial score (nSPS) is 10.6. The first-order valence-electron chi connectivity index (χ1n) is 8.07. The predicted octanol–water partition coefficient (Wildman–Crippen LogP) is 0.865. The Labute approximate surface area is 158 Å². The summed E-state index contributed by atoms with van der Waals surface area (Å²) in [5, 5.41) is 2.48. The van der Waals surface area contributed by atoms with Gasteiger partial charge in [0.15, 0.2) is 12.4 Å². The molecule has 0 fully saturated rings. The fourth-order valence-corrected chi connectivity index (χ4v) is 2.62. The Bertz CT molecular complexity index is 867. The third-order valence-corrected chi connectivity index (χ3v) is 3.81. The van der Waals surface area contributed by atoms with Gasteiger partial charge >= 0.3 is 5.97 Å². The van der Waals surface area contributed by atoms with Crippen LogP contribution >= 0.6 is 0 Å². The molecule has 0 saturated heterocycles. The maximum Gasteiger partial charge on any atom is 0.372 e. The number of hydrogen-bond acceptors (Lipinski definition) is 2. The second-order valence-corrected chi connectivity index (χ2v) is 5.51. The van der Waals surface area contributed by atoms with Crippen LogP contribution in [0.5, 0.6) is 0 Å². The summed E-state index contributed by atoms with van der Waals surface area (Å²) in [6.07, 6.45) is 7.98. The second kappa shape index (κ2) is 9.14. The Balaban J connectivity index is 0.00000225. The van der Waals surface area contributed by atoms with Crippen molar-refractivity contribution in [2.24, 2.45) is 0 Å². The second-order valence-electron chi connectivity index (χ2n) is 5.51. The molecule has 4 heteroatoms. The number of ether oxygens (including phenoxy) is 1. The van der Waals surface area contributed by atoms with Crippen LogP contribution in [0, 0.1) is 0 Å². The molecule has 3 rings (SSSR count). The van der Waals surface area contributed by atoms with E-state index in [2.05, 4.69) is 54.6 Å². The molecule has 3 aromatic rings. The lowest BCUT2D eigenvalue weighted by atomic mass is 10.0. The van der Waals surface area contributed by atoms with Crippen LogP contribution in [-0.4, -0.2) is 12.6 Å². The van der Waals surface area contributed by atoms with Crippen molar-refractivity contribution in [1.82, 2.24) is 0 Å². The van der Waals surface area contributed by atoms with Gasteiger partial charge in [-0.3, -0.25) is 0 Å². The third-order valence-electron chi connectivity index (χ3n) is 3.81. The molecule has 1 aromatic heterocycles. The number of nitrogens with zero attached hydrogens (tertiary/aromatic N) is 1. The molecule has 0 unspecified atom stereocenters. The molecule has 0 bridgehead atoms. The van der Waals surface area contributed by atoms with E-state index in [1.165, 1.54) is 16.3 Å². The molecule has 1 heterocycles. The number of carbonyl (C=O) groups is 1. The Hall–Kier alpha value is -2.46. The van der Waals surface area contributed by atoms with Crippen molar-refractivity contribution in [2.75, 3.05) is 6.61 Å². The zero-order chi connectivity index (χ0) is 16.8. The van der Waals surface area contributed by atoms with E-state index in [9.17, 15) is 4.79 Å². The number of carbonyl (C=O) groups excluding carboxylic acids is 1. The zero-order valence-corrected chi connectivity index (χ0v) is 15.6. The molecule has 0 amide bonds. The molecule has 3 nitrogen and oxygen atoms in total. The van der Waals surface area contributed by atoms with Gasteiger partial charge in [-0.2, -0.15) is 4.57 Å². The van der Waals surface area contributed by atoms with Crippen molar-refractivity contribution in [3.63, 3.8) is 0 Å². The van der Waals surface area contributed by atoms with Gasteiger partial charge in [0.05, 0.1) is 6.61 Å². The lowest BCUT2D eigenvalue weighted by Gasteiger charge is -2.02. The SMILES string of the molecule is CCOC(=O)C[n+]1ccc(/C=C/c2cccc3ccccc23)cc1.[Br-]. The number of aromatic nitrogens is 1. The minimum atomic E-state index is -0.221. The summed E-state index contributed by atoms with van der Waals surface area (Å²) in [7, 11) is 0. The highest BCUT2D eigenvalue weighted by Gasteiger charge is 2.09. The van der Waals surface area contributed by atoms with Gasteiger partial charge in [-0.05, 0) is 28.8 Å². The van der Waals surface area contributed by atoms with Crippen molar-refractivity contribution in [1.29, 1.82) is 0 Å². The molecule has 25 heavy (non-hydrogen) atoms. The average Bonchev–Trinajstić information content (AvgIpc) is 2.61. The van der Waals surface area contributed by atoms with Gasteiger partial charge < -0.3 is 21.7 Å². The monoisotopic (exact) mass is 397 g/mol. The first-order valence-corrected chi connectivity index (χ1v) is 8.07. The highest BCUT2D eigenvalue weighted by molar-refractivity contribution is 5.92. The van der Waals surface area contributed by atoms with Crippen LogP contribution in [0.3, 0.4) is 0 Å². The first-order chi connectivity index (χ1) is 11.8. The standard InChI is InChI=1S/C21H20NO2.BrH/c1-2-24-21(23)16-22-14-12-17(13-15-22)10-11-19-8-5-7-18-6-3-4-9-20(18)19;/h3-15H,2,16H2,1H3;1H/q+1;/p-1/b11-10+;. The summed E-state index contributed by atoms with van der Waals surface area (Å²) < 4.78 is 6.76. The van der Waals surface area contributed by atoms with E-state index in [0.29, 0.717) is 6.61 Å². The Morgan fingerprint density at radius 3 is 2.48 bits per heavy atom. The van der Waals surface area contributed by atoms with Crippen molar-refractivity contribution in [2.45, 2.75) is 13.5 Å². The summed E-state index contributed by atoms with van der Waals surface area (Å²) in [6, 6.07) is 18.6. The molecular formula is C21H20BrNO2. The summed E-state index contributed by atoms with van der Waals surface area (Å²) in [6.45, 7) is 2.45. The molecular weight excluding hydrogens is 378 g/mol. The average molecular weight is 398 g/mol. The summed E-state index contributed by atoms with van der Waals surface area (Å²) in [5.41, 5.74) is 2.28. The minimum absolute atomic E-state index is 0. The molecule has 0 saturated carbocycles. The number of pyridine rings is 1. The van der Waals surface area contributed by atoms with E-state index in [1.807, 2.05) is 36.0 Å². The number of rotatable bonds is 5. The molecule has 0 radical (unpaired) electrons. The zero-order valence-electron chi connectivity index (χ0n) is 14.1. The Kier molecular flexibility index (Phi) is 6.90. The molecule has 0 spiro atoms. The van der Waals surface area contributed by atoms with E-state index >= 15 is 0 Å². The molecule has 0 aliphatic rings. The Morgan fingerprint density at radius 2 is 1.72 bits per heavy atom. The molecule has 0 aliphatic carbocycles. The maximum absolute atomic E-state index is 11.5. The highest BCUT2D eigenvalue weighted by atomic mass is 79.9. The summed E-state index contributed by atoms with van der Waals surface area (Å²) >= 11 is 0. The molecule has 0 N–H and O–H groups in total. The summed E-state index contributed by atoms with van der Waals surface area (Å²) in [5.74, 6) is -0.221. The lowest BCUT2D eigenvalue weighted by Crippen LogP contribution is -3.00. The molecule has 0 aliphatic heterocycles. The van der Waals surface area contributed by atoms with Gasteiger partial charge in [0.1, 0.15) is 0 Å². The summed E-state index contributed by atoms with van der Waals surface area (Å²) in [4.78, 5) is 11.5. The van der Waals surface area contributed by atoms with Gasteiger partial charge in [0, 0.05) is 12.1 Å². The molecule has 128 valence electrons. The van der Waals surface area contributed by atoms with Crippen LogP contribution < -0.4 is 21.5 Å². The van der Waals surface area contributed by atoms with Crippen LogP contribution in [0.25, 0.3) is 22.9 Å². The highest BCUT2D eigenvalue weighted by Crippen LogP contribution is 2.20. The number of benzene rings is 2. The first kappa shape index (κ1) is 18.9. The third kappa shape index (κ3) is 5.00. The van der Waals surface area contributed by atoms with Crippen molar-refractivity contribution < 1.29 is 31.1 Å². The molecule has 2 aromatic carbocycles. The fraction of sp³-hybridized carbons (Fsp3) is 0.143. The van der Waals surface area contributed by atoms with Crippen molar-refractivity contribution in [3.8, 4) is 0 Å². The fourth-order valence-electron chi connectivity index (χ4n) is 2.62. The predicted molar refractivity (Wildman–Crippen MR) is 96.1 cm³/mol. The van der Waals surface area contributed by atoms with Gasteiger partial charge in [0.25, 0.3) is 0 Å². The van der Waals surface area contributed by atoms with Crippen molar-refractivity contribution in [3.05, 3.63) is 78.1 Å². The van der Waals surface area contributed by atoms with Gasteiger partial charge in [-0.1, -0.05) is 54.6 Å². The van der Waals surface area contributed by atoms with Crippen molar-refractivity contribution >= 4 is 28.9 Å². The number of esters is 1. The van der Waals surface area contributed by atoms with Crippen LogP contribution in [-0.2, 0) is 16.1 Å². The van der Waals surface area contributed by atoms with E-state index in [4.69, 9.17) is 4.74 Å². The maximum atomic E-state index is 11.5. The topological polar surface area (TPSA) is 30.2 Å². The van der Waals surface area contributed by atoms with E-state index in [1.54, 1.807) is 0 Å².